The second-order valence-corrected chi connectivity index (χ2v) is 2.54. The maximum atomic E-state index is 9.35. The van der Waals surface area contributed by atoms with Crippen LogP contribution in [0.4, 0.5) is 0 Å². The highest BCUT2D eigenvalue weighted by molar-refractivity contribution is 5.43. The van der Waals surface area contributed by atoms with Gasteiger partial charge in [-0.05, 0) is 17.7 Å². The third-order valence-corrected chi connectivity index (χ3v) is 1.70. The van der Waals surface area contributed by atoms with Gasteiger partial charge in [-0.1, -0.05) is 6.07 Å². The number of nitrogens with two attached hydrogens (primary N) is 1. The Morgan fingerprint density at radius 3 is 2.77 bits per heavy atom. The summed E-state index contributed by atoms with van der Waals surface area (Å²) in [5, 5.41) is 17.9. The van der Waals surface area contributed by atoms with Crippen molar-refractivity contribution in [3.05, 3.63) is 23.8 Å². The molecule has 0 radical (unpaired) electrons. The number of nitriles is 1. The van der Waals surface area contributed by atoms with Gasteiger partial charge in [-0.25, -0.2) is 0 Å². The number of phenolic OH excluding ortho intramolecular Hbond substituents is 1. The molecule has 0 spiro atoms. The number of aromatic hydroxyl groups is 1. The fourth-order valence-corrected chi connectivity index (χ4v) is 0.975. The molecular weight excluding hydrogens is 168 g/mol. The molecule has 0 bridgehead atoms. The first kappa shape index (κ1) is 9.36. The Bertz CT molecular complexity index is 344. The predicted molar refractivity (Wildman–Crippen MR) is 47.2 cm³/mol. The summed E-state index contributed by atoms with van der Waals surface area (Å²) in [5.41, 5.74) is 6.01. The van der Waals surface area contributed by atoms with Gasteiger partial charge in [0.2, 0.25) is 0 Å². The van der Waals surface area contributed by atoms with E-state index in [-0.39, 0.29) is 5.75 Å². The molecule has 0 aliphatic heterocycles. The predicted octanol–water partition coefficient (Wildman–Crippen LogP) is 0.924. The minimum Gasteiger partial charge on any atom is -0.504 e. The summed E-state index contributed by atoms with van der Waals surface area (Å²) < 4.78 is 4.84. The molecule has 68 valence electrons. The lowest BCUT2D eigenvalue weighted by molar-refractivity contribution is 0.373. The summed E-state index contributed by atoms with van der Waals surface area (Å²) in [5.74, 6) is 0.361. The minimum atomic E-state index is -0.711. The zero-order valence-electron chi connectivity index (χ0n) is 7.19. The molecule has 1 aromatic rings. The van der Waals surface area contributed by atoms with E-state index in [9.17, 15) is 5.11 Å². The van der Waals surface area contributed by atoms with Gasteiger partial charge in [-0.3, -0.25) is 0 Å². The van der Waals surface area contributed by atoms with Crippen molar-refractivity contribution in [1.82, 2.24) is 0 Å². The molecule has 0 fully saturated rings. The van der Waals surface area contributed by atoms with Gasteiger partial charge in [-0.15, -0.1) is 0 Å². The van der Waals surface area contributed by atoms with Crippen LogP contribution in [0, 0.1) is 11.3 Å². The van der Waals surface area contributed by atoms with Crippen molar-refractivity contribution in [2.45, 2.75) is 6.04 Å². The lowest BCUT2D eigenvalue weighted by atomic mass is 10.1. The normalized spacial score (nSPS) is 11.8. The standard InChI is InChI=1S/C9H10N2O2/c1-13-9-3-2-6(4-8(9)12)7(11)5-10/h2-4,7,12H,11H2,1H3. The first-order valence-electron chi connectivity index (χ1n) is 3.71. The van der Waals surface area contributed by atoms with Crippen LogP contribution in [0.2, 0.25) is 0 Å². The average Bonchev–Trinajstić information content (AvgIpc) is 2.16. The van der Waals surface area contributed by atoms with Crippen LogP contribution in [0.25, 0.3) is 0 Å². The van der Waals surface area contributed by atoms with E-state index in [1.165, 1.54) is 13.2 Å². The smallest absolute Gasteiger partial charge is 0.160 e. The minimum absolute atomic E-state index is 0.00861. The van der Waals surface area contributed by atoms with Gasteiger partial charge in [0.05, 0.1) is 13.2 Å². The zero-order chi connectivity index (χ0) is 9.84. The van der Waals surface area contributed by atoms with E-state index in [4.69, 9.17) is 15.7 Å². The highest BCUT2D eigenvalue weighted by Crippen LogP contribution is 2.27. The van der Waals surface area contributed by atoms with E-state index in [1.807, 2.05) is 6.07 Å². The molecule has 1 rings (SSSR count). The fraction of sp³-hybridized carbons (Fsp3) is 0.222. The van der Waals surface area contributed by atoms with Crippen LogP contribution in [-0.2, 0) is 0 Å². The highest BCUT2D eigenvalue weighted by atomic mass is 16.5. The second-order valence-electron chi connectivity index (χ2n) is 2.54. The van der Waals surface area contributed by atoms with Crippen molar-refractivity contribution in [1.29, 1.82) is 5.26 Å². The van der Waals surface area contributed by atoms with E-state index in [2.05, 4.69) is 0 Å². The molecular formula is C9H10N2O2. The third kappa shape index (κ3) is 1.89. The highest BCUT2D eigenvalue weighted by Gasteiger charge is 2.07. The Hall–Kier alpha value is -1.73. The Morgan fingerprint density at radius 2 is 2.31 bits per heavy atom. The van der Waals surface area contributed by atoms with Crippen LogP contribution < -0.4 is 10.5 Å². The van der Waals surface area contributed by atoms with Crippen LogP contribution >= 0.6 is 0 Å². The number of methoxy groups -OCH3 is 1. The van der Waals surface area contributed by atoms with Crippen molar-refractivity contribution < 1.29 is 9.84 Å². The Labute approximate surface area is 76.2 Å². The maximum Gasteiger partial charge on any atom is 0.160 e. The van der Waals surface area contributed by atoms with Crippen molar-refractivity contribution in [3.8, 4) is 17.6 Å². The number of hydrogen-bond donors (Lipinski definition) is 2. The lowest BCUT2D eigenvalue weighted by Gasteiger charge is -2.06. The summed E-state index contributed by atoms with van der Waals surface area (Å²) in [4.78, 5) is 0. The summed E-state index contributed by atoms with van der Waals surface area (Å²) >= 11 is 0. The zero-order valence-corrected chi connectivity index (χ0v) is 7.19. The van der Waals surface area contributed by atoms with Crippen LogP contribution in [0.5, 0.6) is 11.5 Å². The molecule has 0 saturated heterocycles. The van der Waals surface area contributed by atoms with Crippen LogP contribution in [0.15, 0.2) is 18.2 Å². The average molecular weight is 178 g/mol. The van der Waals surface area contributed by atoms with E-state index >= 15 is 0 Å². The number of rotatable bonds is 2. The first-order valence-corrected chi connectivity index (χ1v) is 3.71. The summed E-state index contributed by atoms with van der Waals surface area (Å²) in [6, 6.07) is 5.80. The van der Waals surface area contributed by atoms with Crippen molar-refractivity contribution >= 4 is 0 Å². The molecule has 0 aliphatic carbocycles. The number of ether oxygens (including phenoxy) is 1. The summed E-state index contributed by atoms with van der Waals surface area (Å²) in [6.07, 6.45) is 0. The van der Waals surface area contributed by atoms with E-state index in [0.717, 1.165) is 0 Å². The van der Waals surface area contributed by atoms with Crippen LogP contribution in [0.1, 0.15) is 11.6 Å². The quantitative estimate of drug-likeness (QED) is 0.705. The van der Waals surface area contributed by atoms with E-state index in [1.54, 1.807) is 12.1 Å². The summed E-state index contributed by atoms with van der Waals surface area (Å²) in [7, 11) is 1.46. The molecule has 0 heterocycles. The number of phenols is 1. The van der Waals surface area contributed by atoms with Crippen molar-refractivity contribution in [2.24, 2.45) is 5.73 Å². The lowest BCUT2D eigenvalue weighted by Crippen LogP contribution is -2.06. The Morgan fingerprint density at radius 1 is 1.62 bits per heavy atom. The molecule has 1 atom stereocenters. The van der Waals surface area contributed by atoms with Crippen molar-refractivity contribution in [2.75, 3.05) is 7.11 Å². The molecule has 0 amide bonds. The van der Waals surface area contributed by atoms with Gasteiger partial charge in [0.25, 0.3) is 0 Å². The molecule has 0 saturated carbocycles. The van der Waals surface area contributed by atoms with Gasteiger partial charge >= 0.3 is 0 Å². The molecule has 0 aliphatic rings. The van der Waals surface area contributed by atoms with Gasteiger partial charge in [0, 0.05) is 0 Å². The van der Waals surface area contributed by atoms with Gasteiger partial charge in [0.15, 0.2) is 11.5 Å². The molecule has 1 unspecified atom stereocenters. The number of benzene rings is 1. The van der Waals surface area contributed by atoms with Crippen molar-refractivity contribution in [3.63, 3.8) is 0 Å². The number of hydrogen-bond acceptors (Lipinski definition) is 4. The summed E-state index contributed by atoms with van der Waals surface area (Å²) in [6.45, 7) is 0. The molecule has 4 heteroatoms. The largest absolute Gasteiger partial charge is 0.504 e. The fourth-order valence-electron chi connectivity index (χ4n) is 0.975. The topological polar surface area (TPSA) is 79.3 Å². The van der Waals surface area contributed by atoms with E-state index < -0.39 is 6.04 Å². The van der Waals surface area contributed by atoms with Gasteiger partial charge < -0.3 is 15.6 Å². The van der Waals surface area contributed by atoms with E-state index in [0.29, 0.717) is 11.3 Å². The Kier molecular flexibility index (Phi) is 2.72. The van der Waals surface area contributed by atoms with Gasteiger partial charge in [0.1, 0.15) is 6.04 Å². The third-order valence-electron chi connectivity index (χ3n) is 1.70. The van der Waals surface area contributed by atoms with Gasteiger partial charge in [-0.2, -0.15) is 5.26 Å². The number of nitrogens with zero attached hydrogens (tertiary/aromatic N) is 1. The SMILES string of the molecule is COc1ccc(C(N)C#N)cc1O. The molecule has 4 nitrogen and oxygen atoms in total. The Balaban J connectivity index is 3.04. The monoisotopic (exact) mass is 178 g/mol. The maximum absolute atomic E-state index is 9.35. The second kappa shape index (κ2) is 3.78. The molecule has 3 N–H and O–H groups in total. The molecule has 13 heavy (non-hydrogen) atoms. The van der Waals surface area contributed by atoms with Crippen LogP contribution in [0.3, 0.4) is 0 Å². The van der Waals surface area contributed by atoms with Crippen LogP contribution in [-0.4, -0.2) is 12.2 Å². The molecule has 1 aromatic carbocycles. The first-order chi connectivity index (χ1) is 6.19. The molecule has 0 aromatic heterocycles.